The van der Waals surface area contributed by atoms with Gasteiger partial charge in [-0.25, -0.2) is 4.79 Å². The number of fused-ring (bicyclic) bond motifs is 1. The van der Waals surface area contributed by atoms with Gasteiger partial charge in [0.1, 0.15) is 12.1 Å². The SMILES string of the molecule is CC[C@@H]1CSC2=N[C@H](c3ccccn3)[C@H](c3cccn3-c3cccc(C(=O)O)c3)N21. The summed E-state index contributed by atoms with van der Waals surface area (Å²) in [6.45, 7) is 2.22. The first-order valence-electron chi connectivity index (χ1n) is 10.1. The van der Waals surface area contributed by atoms with Crippen LogP contribution in [-0.2, 0) is 0 Å². The molecule has 0 saturated carbocycles. The number of nitrogens with zero attached hydrogens (tertiary/aromatic N) is 4. The van der Waals surface area contributed by atoms with E-state index in [0.29, 0.717) is 6.04 Å². The van der Waals surface area contributed by atoms with Gasteiger partial charge in [-0.05, 0) is 48.9 Å². The Kier molecular flexibility index (Phi) is 4.83. The number of carbonyl (C=O) groups is 1. The molecule has 152 valence electrons. The Morgan fingerprint density at radius 1 is 1.20 bits per heavy atom. The number of benzene rings is 1. The monoisotopic (exact) mass is 418 g/mol. The molecule has 1 N–H and O–H groups in total. The van der Waals surface area contributed by atoms with Crippen LogP contribution in [0.1, 0.15) is 47.2 Å². The lowest BCUT2D eigenvalue weighted by atomic mass is 9.99. The second-order valence-corrected chi connectivity index (χ2v) is 8.48. The van der Waals surface area contributed by atoms with Crippen molar-refractivity contribution in [3.63, 3.8) is 0 Å². The largest absolute Gasteiger partial charge is 0.478 e. The first kappa shape index (κ1) is 18.9. The summed E-state index contributed by atoms with van der Waals surface area (Å²) < 4.78 is 2.08. The lowest BCUT2D eigenvalue weighted by molar-refractivity contribution is 0.0697. The predicted octanol–water partition coefficient (Wildman–Crippen LogP) is 4.55. The summed E-state index contributed by atoms with van der Waals surface area (Å²) in [4.78, 5) is 23.6. The molecule has 2 aliphatic rings. The smallest absolute Gasteiger partial charge is 0.335 e. The summed E-state index contributed by atoms with van der Waals surface area (Å²) in [7, 11) is 0. The van der Waals surface area contributed by atoms with Gasteiger partial charge in [0.25, 0.3) is 0 Å². The summed E-state index contributed by atoms with van der Waals surface area (Å²) in [5.74, 6) is 0.112. The van der Waals surface area contributed by atoms with Gasteiger partial charge in [0, 0.05) is 35.6 Å². The fraction of sp³-hybridized carbons (Fsp3) is 0.261. The molecule has 3 aromatic rings. The number of amidine groups is 1. The molecule has 0 radical (unpaired) electrons. The number of aromatic carboxylic acids is 1. The number of pyridine rings is 1. The van der Waals surface area contributed by atoms with Gasteiger partial charge in [0.05, 0.1) is 11.3 Å². The summed E-state index contributed by atoms with van der Waals surface area (Å²) in [5.41, 5.74) is 3.16. The predicted molar refractivity (Wildman–Crippen MR) is 118 cm³/mol. The molecule has 6 nitrogen and oxygen atoms in total. The fourth-order valence-electron chi connectivity index (χ4n) is 4.33. The third-order valence-electron chi connectivity index (χ3n) is 5.78. The Bertz CT molecular complexity index is 1110. The standard InChI is InChI=1S/C23H22N4O2S/c1-2-16-14-30-23-25-20(18-9-3-4-11-24-18)21(27(16)23)19-10-6-12-26(19)17-8-5-7-15(13-17)22(28)29/h3-13,16,20-21H,2,14H2,1H3,(H,28,29)/t16-,20-,21+/m1/s1. The molecule has 2 aromatic heterocycles. The third-order valence-corrected chi connectivity index (χ3v) is 6.91. The molecule has 0 amide bonds. The highest BCUT2D eigenvalue weighted by atomic mass is 32.2. The zero-order valence-corrected chi connectivity index (χ0v) is 17.4. The maximum atomic E-state index is 11.5. The Labute approximate surface area is 179 Å². The van der Waals surface area contributed by atoms with E-state index in [4.69, 9.17) is 4.99 Å². The van der Waals surface area contributed by atoms with Crippen LogP contribution in [-0.4, -0.2) is 42.5 Å². The molecule has 3 atom stereocenters. The van der Waals surface area contributed by atoms with Crippen LogP contribution in [0, 0.1) is 0 Å². The fourth-order valence-corrected chi connectivity index (χ4v) is 5.67. The van der Waals surface area contributed by atoms with Gasteiger partial charge in [-0.2, -0.15) is 0 Å². The number of hydrogen-bond donors (Lipinski definition) is 1. The number of carboxylic acids is 1. The van der Waals surface area contributed by atoms with Crippen LogP contribution in [0.5, 0.6) is 0 Å². The summed E-state index contributed by atoms with van der Waals surface area (Å²) in [6, 6.07) is 17.5. The van der Waals surface area contributed by atoms with E-state index < -0.39 is 5.97 Å². The normalized spacial score (nSPS) is 22.8. The first-order chi connectivity index (χ1) is 14.7. The van der Waals surface area contributed by atoms with Crippen molar-refractivity contribution in [2.45, 2.75) is 31.5 Å². The lowest BCUT2D eigenvalue weighted by Crippen LogP contribution is -2.36. The molecule has 0 unspecified atom stereocenters. The van der Waals surface area contributed by atoms with Crippen LogP contribution in [0.15, 0.2) is 72.0 Å². The van der Waals surface area contributed by atoms with Gasteiger partial charge >= 0.3 is 5.97 Å². The van der Waals surface area contributed by atoms with E-state index in [-0.39, 0.29) is 17.6 Å². The van der Waals surface area contributed by atoms with Crippen molar-refractivity contribution in [2.24, 2.45) is 4.99 Å². The Morgan fingerprint density at radius 3 is 2.87 bits per heavy atom. The number of hydrogen-bond acceptors (Lipinski definition) is 5. The van der Waals surface area contributed by atoms with Crippen LogP contribution < -0.4 is 0 Å². The van der Waals surface area contributed by atoms with Gasteiger partial charge in [0.2, 0.25) is 0 Å². The van der Waals surface area contributed by atoms with Gasteiger partial charge < -0.3 is 14.6 Å². The first-order valence-corrected chi connectivity index (χ1v) is 11.1. The van der Waals surface area contributed by atoms with Gasteiger partial charge in [-0.1, -0.05) is 30.8 Å². The molecule has 7 heteroatoms. The van der Waals surface area contributed by atoms with Crippen molar-refractivity contribution in [2.75, 3.05) is 5.75 Å². The molecule has 4 heterocycles. The molecule has 0 spiro atoms. The topological polar surface area (TPSA) is 70.7 Å². The van der Waals surface area contributed by atoms with E-state index in [1.807, 2.05) is 54.5 Å². The van der Waals surface area contributed by atoms with E-state index in [2.05, 4.69) is 27.4 Å². The van der Waals surface area contributed by atoms with Crippen molar-refractivity contribution < 1.29 is 9.90 Å². The molecular weight excluding hydrogens is 396 g/mol. The highest BCUT2D eigenvalue weighted by molar-refractivity contribution is 8.14. The number of carboxylic acid groups (broad SMARTS) is 1. The number of aliphatic imine (C=N–C) groups is 1. The van der Waals surface area contributed by atoms with Crippen LogP contribution in [0.25, 0.3) is 5.69 Å². The van der Waals surface area contributed by atoms with Gasteiger partial charge in [0.15, 0.2) is 5.17 Å². The maximum Gasteiger partial charge on any atom is 0.335 e. The minimum absolute atomic E-state index is 0.0123. The average molecular weight is 419 g/mol. The molecular formula is C23H22N4O2S. The number of aromatic nitrogens is 2. The van der Waals surface area contributed by atoms with Gasteiger partial charge in [-0.15, -0.1) is 0 Å². The average Bonchev–Trinajstić information content (AvgIpc) is 3.49. The van der Waals surface area contributed by atoms with Crippen LogP contribution >= 0.6 is 11.8 Å². The second kappa shape index (κ2) is 7.65. The van der Waals surface area contributed by atoms with E-state index in [1.165, 1.54) is 0 Å². The van der Waals surface area contributed by atoms with E-state index in [9.17, 15) is 9.90 Å². The minimum atomic E-state index is -0.926. The van der Waals surface area contributed by atoms with Crippen molar-refractivity contribution in [3.05, 3.63) is 83.9 Å². The molecule has 30 heavy (non-hydrogen) atoms. The van der Waals surface area contributed by atoms with E-state index in [1.54, 1.807) is 18.2 Å². The van der Waals surface area contributed by atoms with Crippen molar-refractivity contribution >= 4 is 22.9 Å². The molecule has 0 bridgehead atoms. The Hall–Kier alpha value is -3.06. The molecule has 5 rings (SSSR count). The highest BCUT2D eigenvalue weighted by Gasteiger charge is 2.46. The molecule has 1 saturated heterocycles. The van der Waals surface area contributed by atoms with Crippen molar-refractivity contribution in [1.29, 1.82) is 0 Å². The Morgan fingerprint density at radius 2 is 2.10 bits per heavy atom. The Balaban J connectivity index is 1.62. The minimum Gasteiger partial charge on any atom is -0.478 e. The number of rotatable bonds is 5. The summed E-state index contributed by atoms with van der Waals surface area (Å²) in [6.07, 6.45) is 4.86. The summed E-state index contributed by atoms with van der Waals surface area (Å²) in [5, 5.41) is 10.5. The lowest BCUT2D eigenvalue weighted by Gasteiger charge is -2.32. The van der Waals surface area contributed by atoms with Crippen LogP contribution in [0.3, 0.4) is 0 Å². The van der Waals surface area contributed by atoms with Crippen molar-refractivity contribution in [1.82, 2.24) is 14.5 Å². The van der Waals surface area contributed by atoms with E-state index in [0.717, 1.165) is 34.4 Å². The second-order valence-electron chi connectivity index (χ2n) is 7.49. The van der Waals surface area contributed by atoms with Gasteiger partial charge in [-0.3, -0.25) is 9.98 Å². The van der Waals surface area contributed by atoms with Crippen LogP contribution in [0.2, 0.25) is 0 Å². The zero-order chi connectivity index (χ0) is 20.7. The zero-order valence-electron chi connectivity index (χ0n) is 16.5. The number of thioether (sulfide) groups is 1. The third kappa shape index (κ3) is 3.10. The molecule has 1 fully saturated rings. The summed E-state index contributed by atoms with van der Waals surface area (Å²) >= 11 is 1.81. The quantitative estimate of drug-likeness (QED) is 0.658. The van der Waals surface area contributed by atoms with Crippen molar-refractivity contribution in [3.8, 4) is 5.69 Å². The highest BCUT2D eigenvalue weighted by Crippen LogP contribution is 2.48. The molecule has 1 aromatic carbocycles. The maximum absolute atomic E-state index is 11.5. The molecule has 2 aliphatic heterocycles. The van der Waals surface area contributed by atoms with Crippen LogP contribution in [0.4, 0.5) is 0 Å². The van der Waals surface area contributed by atoms with E-state index >= 15 is 0 Å². The molecule has 0 aliphatic carbocycles.